The van der Waals surface area contributed by atoms with Gasteiger partial charge >= 0.3 is 0 Å². The Morgan fingerprint density at radius 2 is 1.72 bits per heavy atom. The van der Waals surface area contributed by atoms with Crippen LogP contribution in [0.3, 0.4) is 0 Å². The molecule has 158 valence electrons. The van der Waals surface area contributed by atoms with Crippen LogP contribution in [0.1, 0.15) is 21.6 Å². The van der Waals surface area contributed by atoms with Gasteiger partial charge in [0, 0.05) is 0 Å². The lowest BCUT2D eigenvalue weighted by atomic mass is 10.2. The van der Waals surface area contributed by atoms with E-state index < -0.39 is 0 Å². The first-order valence-electron chi connectivity index (χ1n) is 10.1. The van der Waals surface area contributed by atoms with Gasteiger partial charge in [-0.3, -0.25) is 9.69 Å². The smallest absolute Gasteiger partial charge is 0.263 e. The number of carbonyl (C=O) groups is 1. The largest absolute Gasteiger partial charge is 0.279 e. The van der Waals surface area contributed by atoms with Crippen LogP contribution in [0.4, 0.5) is 5.13 Å². The maximum atomic E-state index is 13.8. The molecule has 0 radical (unpaired) electrons. The van der Waals surface area contributed by atoms with Crippen molar-refractivity contribution in [3.05, 3.63) is 107 Å². The Morgan fingerprint density at radius 3 is 2.44 bits per heavy atom. The molecule has 5 rings (SSSR count). The van der Waals surface area contributed by atoms with Crippen molar-refractivity contribution in [2.45, 2.75) is 13.5 Å². The minimum Gasteiger partial charge on any atom is -0.279 e. The third-order valence-electron chi connectivity index (χ3n) is 5.26. The molecule has 0 fully saturated rings. The zero-order valence-corrected chi connectivity index (χ0v) is 18.8. The fourth-order valence-corrected chi connectivity index (χ4v) is 4.87. The number of carbonyl (C=O) groups excluding carboxylic acids is 1. The lowest BCUT2D eigenvalue weighted by Crippen LogP contribution is -2.30. The minimum absolute atomic E-state index is 0.149. The quantitative estimate of drug-likeness (QED) is 0.311. The number of nitrogens with zero attached hydrogens (tertiary/aromatic N) is 4. The van der Waals surface area contributed by atoms with E-state index in [2.05, 4.69) is 5.10 Å². The number of hydrogen-bond acceptors (Lipinski definition) is 4. The molecular formula is C25H19ClN4OS. The average Bonchev–Trinajstić information content (AvgIpc) is 3.43. The molecule has 0 spiro atoms. The van der Waals surface area contributed by atoms with E-state index in [4.69, 9.17) is 16.6 Å². The molecule has 0 aliphatic rings. The number of halogens is 1. The van der Waals surface area contributed by atoms with Crippen LogP contribution >= 0.6 is 22.9 Å². The molecule has 0 aliphatic carbocycles. The molecule has 1 amide bonds. The monoisotopic (exact) mass is 458 g/mol. The molecule has 2 aromatic heterocycles. The number of fused-ring (bicyclic) bond motifs is 1. The van der Waals surface area contributed by atoms with Crippen LogP contribution in [0.15, 0.2) is 85.1 Å². The Morgan fingerprint density at radius 1 is 1.00 bits per heavy atom. The maximum Gasteiger partial charge on any atom is 0.263 e. The lowest BCUT2D eigenvalue weighted by molar-refractivity contribution is 0.0984. The molecule has 5 nitrogen and oxygen atoms in total. The molecule has 0 saturated heterocycles. The second-order valence-electron chi connectivity index (χ2n) is 7.35. The van der Waals surface area contributed by atoms with Gasteiger partial charge in [0.05, 0.1) is 39.4 Å². The van der Waals surface area contributed by atoms with Crippen molar-refractivity contribution >= 4 is 44.2 Å². The Labute approximate surface area is 194 Å². The first-order chi connectivity index (χ1) is 15.6. The summed E-state index contributed by atoms with van der Waals surface area (Å²) in [6.45, 7) is 2.30. The summed E-state index contributed by atoms with van der Waals surface area (Å²) in [5.74, 6) is -0.149. The predicted octanol–water partition coefficient (Wildman–Crippen LogP) is 6.29. The van der Waals surface area contributed by atoms with E-state index >= 15 is 0 Å². The van der Waals surface area contributed by atoms with Crippen molar-refractivity contribution in [2.75, 3.05) is 4.90 Å². The summed E-state index contributed by atoms with van der Waals surface area (Å²) in [6, 6.07) is 25.3. The maximum absolute atomic E-state index is 13.8. The highest BCUT2D eigenvalue weighted by Gasteiger charge is 2.25. The molecule has 0 saturated carbocycles. The van der Waals surface area contributed by atoms with E-state index in [-0.39, 0.29) is 5.91 Å². The first kappa shape index (κ1) is 20.4. The molecule has 3 aromatic carbocycles. The SMILES string of the molecule is Cc1c(C(=O)N(Cc2ccccc2)c2nc3c(Cl)cccc3s2)cnn1-c1ccccc1. The summed E-state index contributed by atoms with van der Waals surface area (Å²) in [5.41, 5.74) is 3.94. The summed E-state index contributed by atoms with van der Waals surface area (Å²) in [7, 11) is 0. The number of para-hydroxylation sites is 2. The molecule has 7 heteroatoms. The molecule has 0 N–H and O–H groups in total. The Balaban J connectivity index is 1.58. The normalized spacial score (nSPS) is 11.1. The fraction of sp³-hybridized carbons (Fsp3) is 0.0800. The van der Waals surface area contributed by atoms with Gasteiger partial charge in [-0.25, -0.2) is 9.67 Å². The van der Waals surface area contributed by atoms with Gasteiger partial charge < -0.3 is 0 Å². The highest BCUT2D eigenvalue weighted by atomic mass is 35.5. The minimum atomic E-state index is -0.149. The summed E-state index contributed by atoms with van der Waals surface area (Å²) < 4.78 is 2.72. The van der Waals surface area contributed by atoms with E-state index in [1.807, 2.05) is 85.8 Å². The van der Waals surface area contributed by atoms with E-state index in [0.29, 0.717) is 27.8 Å². The van der Waals surface area contributed by atoms with Crippen LogP contribution in [0.25, 0.3) is 15.9 Å². The number of hydrogen-bond donors (Lipinski definition) is 0. The van der Waals surface area contributed by atoms with Crippen molar-refractivity contribution in [3.63, 3.8) is 0 Å². The van der Waals surface area contributed by atoms with Crippen molar-refractivity contribution in [3.8, 4) is 5.69 Å². The van der Waals surface area contributed by atoms with Crippen LogP contribution in [-0.2, 0) is 6.54 Å². The van der Waals surface area contributed by atoms with Gasteiger partial charge in [0.2, 0.25) is 0 Å². The van der Waals surface area contributed by atoms with Crippen LogP contribution < -0.4 is 4.90 Å². The highest BCUT2D eigenvalue weighted by molar-refractivity contribution is 7.22. The summed E-state index contributed by atoms with van der Waals surface area (Å²) in [5, 5.41) is 5.66. The lowest BCUT2D eigenvalue weighted by Gasteiger charge is -2.20. The summed E-state index contributed by atoms with van der Waals surface area (Å²) in [4.78, 5) is 20.2. The first-order valence-corrected chi connectivity index (χ1v) is 11.3. The fourth-order valence-electron chi connectivity index (χ4n) is 3.61. The number of benzene rings is 3. The van der Waals surface area contributed by atoms with Crippen LogP contribution in [-0.4, -0.2) is 20.7 Å². The second kappa shape index (κ2) is 8.57. The standard InChI is InChI=1S/C25H19ClN4OS/c1-17-20(15-27-30(17)19-11-6-3-7-12-19)24(31)29(16-18-9-4-2-5-10-18)25-28-23-21(26)13-8-14-22(23)32-25/h2-15H,16H2,1H3. The Hall–Kier alpha value is -3.48. The van der Waals surface area contributed by atoms with E-state index in [1.165, 1.54) is 11.3 Å². The summed E-state index contributed by atoms with van der Waals surface area (Å²) >= 11 is 7.81. The number of rotatable bonds is 5. The van der Waals surface area contributed by atoms with Crippen molar-refractivity contribution in [1.29, 1.82) is 0 Å². The van der Waals surface area contributed by atoms with E-state index in [0.717, 1.165) is 21.6 Å². The third kappa shape index (κ3) is 3.79. The van der Waals surface area contributed by atoms with Gasteiger partial charge in [-0.2, -0.15) is 5.10 Å². The highest BCUT2D eigenvalue weighted by Crippen LogP contribution is 2.34. The van der Waals surface area contributed by atoms with E-state index in [1.54, 1.807) is 15.8 Å². The second-order valence-corrected chi connectivity index (χ2v) is 8.77. The Bertz CT molecular complexity index is 1400. The zero-order chi connectivity index (χ0) is 22.1. The van der Waals surface area contributed by atoms with Gasteiger partial charge in [-0.05, 0) is 36.8 Å². The van der Waals surface area contributed by atoms with Crippen molar-refractivity contribution in [2.24, 2.45) is 0 Å². The zero-order valence-electron chi connectivity index (χ0n) is 17.3. The van der Waals surface area contributed by atoms with E-state index in [9.17, 15) is 4.79 Å². The van der Waals surface area contributed by atoms with Gasteiger partial charge in [-0.1, -0.05) is 77.5 Å². The number of anilines is 1. The summed E-state index contributed by atoms with van der Waals surface area (Å²) in [6.07, 6.45) is 1.63. The van der Waals surface area contributed by atoms with Gasteiger partial charge in [0.15, 0.2) is 5.13 Å². The Kier molecular flexibility index (Phi) is 5.47. The average molecular weight is 459 g/mol. The third-order valence-corrected chi connectivity index (χ3v) is 6.61. The molecular weight excluding hydrogens is 440 g/mol. The molecule has 5 aromatic rings. The van der Waals surface area contributed by atoms with Crippen LogP contribution in [0.2, 0.25) is 5.02 Å². The van der Waals surface area contributed by atoms with Gasteiger partial charge in [0.1, 0.15) is 5.52 Å². The van der Waals surface area contributed by atoms with Crippen LogP contribution in [0.5, 0.6) is 0 Å². The molecule has 0 atom stereocenters. The number of aromatic nitrogens is 3. The molecule has 0 aliphatic heterocycles. The predicted molar refractivity (Wildman–Crippen MR) is 130 cm³/mol. The van der Waals surface area contributed by atoms with Gasteiger partial charge in [0.25, 0.3) is 5.91 Å². The van der Waals surface area contributed by atoms with Crippen molar-refractivity contribution in [1.82, 2.24) is 14.8 Å². The molecule has 2 heterocycles. The van der Waals surface area contributed by atoms with Crippen molar-refractivity contribution < 1.29 is 4.79 Å². The molecule has 32 heavy (non-hydrogen) atoms. The number of thiazole rings is 1. The van der Waals surface area contributed by atoms with Crippen LogP contribution in [0, 0.1) is 6.92 Å². The number of amides is 1. The topological polar surface area (TPSA) is 51.0 Å². The molecule has 0 unspecified atom stereocenters. The molecule has 0 bridgehead atoms. The van der Waals surface area contributed by atoms with Gasteiger partial charge in [-0.15, -0.1) is 0 Å².